The van der Waals surface area contributed by atoms with E-state index in [0.29, 0.717) is 0 Å². The van der Waals surface area contributed by atoms with E-state index in [0.717, 1.165) is 19.6 Å². The summed E-state index contributed by atoms with van der Waals surface area (Å²) in [5.41, 5.74) is 2.67. The van der Waals surface area contributed by atoms with E-state index >= 15 is 0 Å². The maximum absolute atomic E-state index is 4.32. The minimum atomic E-state index is 0.838. The van der Waals surface area contributed by atoms with Crippen molar-refractivity contribution in [2.24, 2.45) is 0 Å². The van der Waals surface area contributed by atoms with Crippen molar-refractivity contribution >= 4 is 22.6 Å². The number of nitrogens with zero attached hydrogens (tertiary/aromatic N) is 2. The first-order valence-corrected chi connectivity index (χ1v) is 6.83. The zero-order valence-electron chi connectivity index (χ0n) is 9.86. The van der Waals surface area contributed by atoms with Gasteiger partial charge in [-0.25, -0.2) is 0 Å². The largest absolute Gasteiger partial charge is 0.313 e. The summed E-state index contributed by atoms with van der Waals surface area (Å²) in [5, 5.41) is 7.69. The Morgan fingerprint density at radius 3 is 2.71 bits per heavy atom. The molecule has 1 N–H and O–H groups in total. The lowest BCUT2D eigenvalue weighted by atomic mass is 10.1. The quantitative estimate of drug-likeness (QED) is 0.848. The molecule has 0 aliphatic carbocycles. The Morgan fingerprint density at radius 2 is 2.06 bits per heavy atom. The van der Waals surface area contributed by atoms with Crippen molar-refractivity contribution in [3.05, 3.63) is 51.4 Å². The fourth-order valence-corrected chi connectivity index (χ4v) is 2.19. The van der Waals surface area contributed by atoms with Crippen LogP contribution in [0.15, 0.2) is 36.7 Å². The van der Waals surface area contributed by atoms with Gasteiger partial charge in [0.15, 0.2) is 0 Å². The molecule has 0 spiro atoms. The van der Waals surface area contributed by atoms with E-state index in [4.69, 9.17) is 0 Å². The molecule has 1 aromatic carbocycles. The van der Waals surface area contributed by atoms with Crippen LogP contribution < -0.4 is 5.32 Å². The minimum absolute atomic E-state index is 0.838. The van der Waals surface area contributed by atoms with Crippen LogP contribution in [0.1, 0.15) is 18.1 Å². The zero-order valence-corrected chi connectivity index (χ0v) is 12.0. The Bertz CT molecular complexity index is 479. The maximum atomic E-state index is 4.32. The van der Waals surface area contributed by atoms with Crippen molar-refractivity contribution in [3.8, 4) is 0 Å². The van der Waals surface area contributed by atoms with E-state index in [1.165, 1.54) is 14.7 Å². The van der Waals surface area contributed by atoms with E-state index < -0.39 is 0 Å². The maximum Gasteiger partial charge on any atom is 0.0662 e. The van der Waals surface area contributed by atoms with Crippen LogP contribution in [-0.4, -0.2) is 16.3 Å². The SMILES string of the molecule is CCNCc1ccccc1Cn1cc(I)cn1. The summed E-state index contributed by atoms with van der Waals surface area (Å²) in [7, 11) is 0. The zero-order chi connectivity index (χ0) is 12.1. The van der Waals surface area contributed by atoms with Gasteiger partial charge in [-0.3, -0.25) is 4.68 Å². The molecule has 4 heteroatoms. The first-order chi connectivity index (χ1) is 8.29. The molecule has 0 amide bonds. The summed E-state index contributed by atoms with van der Waals surface area (Å²) in [6.45, 7) is 4.88. The van der Waals surface area contributed by atoms with Crippen LogP contribution in [0.4, 0.5) is 0 Å². The molecule has 1 heterocycles. The normalized spacial score (nSPS) is 10.7. The molecule has 90 valence electrons. The van der Waals surface area contributed by atoms with E-state index in [9.17, 15) is 0 Å². The van der Waals surface area contributed by atoms with Gasteiger partial charge in [0.2, 0.25) is 0 Å². The molecule has 0 bridgehead atoms. The van der Waals surface area contributed by atoms with Crippen molar-refractivity contribution in [1.82, 2.24) is 15.1 Å². The third kappa shape index (κ3) is 3.54. The molecule has 0 radical (unpaired) electrons. The molecule has 17 heavy (non-hydrogen) atoms. The van der Waals surface area contributed by atoms with Gasteiger partial charge in [-0.2, -0.15) is 5.10 Å². The number of halogens is 1. The summed E-state index contributed by atoms with van der Waals surface area (Å²) in [4.78, 5) is 0. The fraction of sp³-hybridized carbons (Fsp3) is 0.308. The predicted molar refractivity (Wildman–Crippen MR) is 77.9 cm³/mol. The molecule has 0 aliphatic rings. The second-order valence-electron chi connectivity index (χ2n) is 3.91. The highest BCUT2D eigenvalue weighted by Crippen LogP contribution is 2.11. The van der Waals surface area contributed by atoms with Crippen LogP contribution in [0.3, 0.4) is 0 Å². The summed E-state index contributed by atoms with van der Waals surface area (Å²) in [6, 6.07) is 8.51. The van der Waals surface area contributed by atoms with E-state index in [-0.39, 0.29) is 0 Å². The summed E-state index contributed by atoms with van der Waals surface area (Å²) in [5.74, 6) is 0. The van der Waals surface area contributed by atoms with Crippen LogP contribution >= 0.6 is 22.6 Å². The molecular weight excluding hydrogens is 325 g/mol. The van der Waals surface area contributed by atoms with Crippen molar-refractivity contribution in [2.45, 2.75) is 20.0 Å². The van der Waals surface area contributed by atoms with Gasteiger partial charge >= 0.3 is 0 Å². The molecular formula is C13H16IN3. The number of aromatic nitrogens is 2. The number of benzene rings is 1. The van der Waals surface area contributed by atoms with E-state index in [1.807, 2.05) is 10.9 Å². The average molecular weight is 341 g/mol. The Hall–Kier alpha value is -0.880. The first-order valence-electron chi connectivity index (χ1n) is 5.75. The van der Waals surface area contributed by atoms with Crippen molar-refractivity contribution in [1.29, 1.82) is 0 Å². The Balaban J connectivity index is 2.14. The van der Waals surface area contributed by atoms with Crippen molar-refractivity contribution in [3.63, 3.8) is 0 Å². The first kappa shape index (κ1) is 12.6. The van der Waals surface area contributed by atoms with Crippen molar-refractivity contribution < 1.29 is 0 Å². The van der Waals surface area contributed by atoms with Gasteiger partial charge in [0.05, 0.1) is 16.3 Å². The number of hydrogen-bond acceptors (Lipinski definition) is 2. The molecule has 2 aromatic rings. The lowest BCUT2D eigenvalue weighted by Gasteiger charge is -2.09. The third-order valence-corrected chi connectivity index (χ3v) is 3.17. The summed E-state index contributed by atoms with van der Waals surface area (Å²) in [6.07, 6.45) is 3.94. The molecule has 0 saturated heterocycles. The van der Waals surface area contributed by atoms with Crippen LogP contribution in [0.25, 0.3) is 0 Å². The average Bonchev–Trinajstić information content (AvgIpc) is 2.74. The summed E-state index contributed by atoms with van der Waals surface area (Å²) >= 11 is 2.28. The molecule has 1 aromatic heterocycles. The van der Waals surface area contributed by atoms with Gasteiger partial charge in [-0.1, -0.05) is 31.2 Å². The standard InChI is InChI=1S/C13H16IN3/c1-2-15-7-11-5-3-4-6-12(11)9-17-10-13(14)8-16-17/h3-6,8,10,15H,2,7,9H2,1H3. The smallest absolute Gasteiger partial charge is 0.0662 e. The van der Waals surface area contributed by atoms with Gasteiger partial charge in [0.25, 0.3) is 0 Å². The lowest BCUT2D eigenvalue weighted by molar-refractivity contribution is 0.666. The highest BCUT2D eigenvalue weighted by Gasteiger charge is 2.03. The van der Waals surface area contributed by atoms with E-state index in [2.05, 4.69) is 70.4 Å². The Kier molecular flexibility index (Phi) is 4.56. The summed E-state index contributed by atoms with van der Waals surface area (Å²) < 4.78 is 3.15. The minimum Gasteiger partial charge on any atom is -0.313 e. The molecule has 0 unspecified atom stereocenters. The van der Waals surface area contributed by atoms with Gasteiger partial charge in [0, 0.05) is 12.7 Å². The monoisotopic (exact) mass is 341 g/mol. The van der Waals surface area contributed by atoms with Crippen LogP contribution in [0, 0.1) is 3.57 Å². The van der Waals surface area contributed by atoms with Crippen molar-refractivity contribution in [2.75, 3.05) is 6.54 Å². The fourth-order valence-electron chi connectivity index (χ4n) is 1.74. The second-order valence-corrected chi connectivity index (χ2v) is 5.15. The van der Waals surface area contributed by atoms with Gasteiger partial charge in [-0.05, 0) is 40.3 Å². The molecule has 0 saturated carbocycles. The van der Waals surface area contributed by atoms with Crippen LogP contribution in [0.5, 0.6) is 0 Å². The Labute approximate surface area is 115 Å². The molecule has 2 rings (SSSR count). The van der Waals surface area contributed by atoms with Crippen LogP contribution in [0.2, 0.25) is 0 Å². The van der Waals surface area contributed by atoms with Gasteiger partial charge < -0.3 is 5.32 Å². The third-order valence-electron chi connectivity index (χ3n) is 2.62. The number of rotatable bonds is 5. The Morgan fingerprint density at radius 1 is 1.29 bits per heavy atom. The number of nitrogens with one attached hydrogen (secondary N) is 1. The second kappa shape index (κ2) is 6.16. The molecule has 0 atom stereocenters. The lowest BCUT2D eigenvalue weighted by Crippen LogP contribution is -2.14. The molecule has 0 fully saturated rings. The topological polar surface area (TPSA) is 29.9 Å². The van der Waals surface area contributed by atoms with Gasteiger partial charge in [-0.15, -0.1) is 0 Å². The van der Waals surface area contributed by atoms with Gasteiger partial charge in [0.1, 0.15) is 0 Å². The predicted octanol–water partition coefficient (Wildman–Crippen LogP) is 2.65. The van der Waals surface area contributed by atoms with Crippen LogP contribution in [-0.2, 0) is 13.1 Å². The highest BCUT2D eigenvalue weighted by molar-refractivity contribution is 14.1. The van der Waals surface area contributed by atoms with E-state index in [1.54, 1.807) is 0 Å². The molecule has 3 nitrogen and oxygen atoms in total. The highest BCUT2D eigenvalue weighted by atomic mass is 127. The molecule has 0 aliphatic heterocycles. The number of hydrogen-bond donors (Lipinski definition) is 1.